The van der Waals surface area contributed by atoms with Crippen LogP contribution in [0.2, 0.25) is 18.1 Å². The molecule has 0 heterocycles. The molecular formula is C12H23Cl3O3Si. The summed E-state index contributed by atoms with van der Waals surface area (Å²) in [6, 6.07) is 2.79. The predicted octanol–water partition coefficient (Wildman–Crippen LogP) is 4.70. The van der Waals surface area contributed by atoms with Crippen molar-refractivity contribution in [2.75, 3.05) is 6.61 Å². The summed E-state index contributed by atoms with van der Waals surface area (Å²) in [7, 11) is -1.94. The molecule has 0 unspecified atom stereocenters. The van der Waals surface area contributed by atoms with Crippen molar-refractivity contribution < 1.29 is 14.0 Å². The van der Waals surface area contributed by atoms with Gasteiger partial charge in [-0.05, 0) is 25.1 Å². The van der Waals surface area contributed by atoms with Crippen molar-refractivity contribution in [1.82, 2.24) is 0 Å². The van der Waals surface area contributed by atoms with Gasteiger partial charge in [-0.3, -0.25) is 4.79 Å². The molecule has 0 aromatic heterocycles. The van der Waals surface area contributed by atoms with E-state index < -0.39 is 24.2 Å². The minimum atomic E-state index is -1.94. The molecule has 0 aliphatic carbocycles. The summed E-state index contributed by atoms with van der Waals surface area (Å²) in [6.07, 6.45) is -0.776. The van der Waals surface area contributed by atoms with Crippen LogP contribution in [0, 0.1) is 0 Å². The Morgan fingerprint density at radius 2 is 1.58 bits per heavy atom. The first-order valence-electron chi connectivity index (χ1n) is 6.64. The first-order valence-corrected chi connectivity index (χ1v) is 10.3. The second-order valence-corrected chi connectivity index (χ2v) is 11.5. The van der Waals surface area contributed by atoms with Crippen molar-refractivity contribution in [2.45, 2.75) is 62.1 Å². The Hall–Kier alpha value is 0.517. The van der Waals surface area contributed by atoms with Crippen molar-refractivity contribution in [3.05, 3.63) is 0 Å². The standard InChI is InChI=1S/C12H23Cl3O3Si/c1-5-17-11(16)9-10(12(13,14)15)18-19(6-2,7-3)8-4/h10H,5-9H2,1-4H3/t10-/m1/s1. The van der Waals surface area contributed by atoms with Crippen LogP contribution in [0.15, 0.2) is 0 Å². The van der Waals surface area contributed by atoms with Crippen molar-refractivity contribution >= 4 is 49.1 Å². The fraction of sp³-hybridized carbons (Fsp3) is 0.917. The van der Waals surface area contributed by atoms with Crippen LogP contribution in [-0.2, 0) is 14.0 Å². The topological polar surface area (TPSA) is 35.5 Å². The third kappa shape index (κ3) is 6.67. The van der Waals surface area contributed by atoms with Crippen molar-refractivity contribution in [3.63, 3.8) is 0 Å². The Morgan fingerprint density at radius 3 is 1.89 bits per heavy atom. The molecule has 0 aromatic carbocycles. The highest BCUT2D eigenvalue weighted by Crippen LogP contribution is 2.38. The van der Waals surface area contributed by atoms with Crippen LogP contribution in [0.4, 0.5) is 0 Å². The smallest absolute Gasteiger partial charge is 0.308 e. The molecule has 0 bridgehead atoms. The molecule has 0 spiro atoms. The zero-order chi connectivity index (χ0) is 15.1. The van der Waals surface area contributed by atoms with Gasteiger partial charge in [-0.1, -0.05) is 55.6 Å². The second kappa shape index (κ2) is 8.73. The van der Waals surface area contributed by atoms with E-state index in [2.05, 4.69) is 20.8 Å². The minimum Gasteiger partial charge on any atom is -0.466 e. The van der Waals surface area contributed by atoms with Crippen molar-refractivity contribution in [3.8, 4) is 0 Å². The summed E-state index contributed by atoms with van der Waals surface area (Å²) >= 11 is 17.8. The maximum Gasteiger partial charge on any atom is 0.308 e. The lowest BCUT2D eigenvalue weighted by molar-refractivity contribution is -0.145. The Bertz CT molecular complexity index is 270. The maximum absolute atomic E-state index is 11.6. The first kappa shape index (κ1) is 19.5. The fourth-order valence-electron chi connectivity index (χ4n) is 1.90. The van der Waals surface area contributed by atoms with Gasteiger partial charge in [0.15, 0.2) is 8.32 Å². The molecule has 114 valence electrons. The molecule has 0 radical (unpaired) electrons. The molecule has 0 aliphatic rings. The third-order valence-corrected chi connectivity index (χ3v) is 8.73. The van der Waals surface area contributed by atoms with Crippen LogP contribution < -0.4 is 0 Å². The molecular weight excluding hydrogens is 327 g/mol. The van der Waals surface area contributed by atoms with Gasteiger partial charge in [-0.2, -0.15) is 0 Å². The summed E-state index contributed by atoms with van der Waals surface area (Å²) in [5.74, 6) is -0.398. The highest BCUT2D eigenvalue weighted by molar-refractivity contribution is 6.74. The van der Waals surface area contributed by atoms with Gasteiger partial charge in [0.2, 0.25) is 3.79 Å². The predicted molar refractivity (Wildman–Crippen MR) is 83.6 cm³/mol. The van der Waals surface area contributed by atoms with E-state index in [0.717, 1.165) is 18.1 Å². The number of halogens is 3. The van der Waals surface area contributed by atoms with Gasteiger partial charge in [0, 0.05) is 0 Å². The number of esters is 1. The van der Waals surface area contributed by atoms with Crippen LogP contribution in [0.25, 0.3) is 0 Å². The molecule has 0 fully saturated rings. The molecule has 0 saturated heterocycles. The monoisotopic (exact) mass is 348 g/mol. The summed E-state index contributed by atoms with van der Waals surface area (Å²) < 4.78 is 9.39. The average Bonchev–Trinajstić information content (AvgIpc) is 2.34. The van der Waals surface area contributed by atoms with Crippen molar-refractivity contribution in [1.29, 1.82) is 0 Å². The highest BCUT2D eigenvalue weighted by Gasteiger charge is 2.42. The zero-order valence-electron chi connectivity index (χ0n) is 12.0. The number of alkyl halides is 3. The van der Waals surface area contributed by atoms with Crippen LogP contribution in [0.5, 0.6) is 0 Å². The third-order valence-electron chi connectivity index (χ3n) is 3.35. The molecule has 0 aliphatic heterocycles. The lowest BCUT2D eigenvalue weighted by Crippen LogP contribution is -2.45. The van der Waals surface area contributed by atoms with Crippen LogP contribution in [0.1, 0.15) is 34.1 Å². The number of carbonyl (C=O) groups excluding carboxylic acids is 1. The summed E-state index contributed by atoms with van der Waals surface area (Å²) in [5.41, 5.74) is 0. The van der Waals surface area contributed by atoms with Gasteiger partial charge in [-0.15, -0.1) is 0 Å². The number of hydrogen-bond donors (Lipinski definition) is 0. The minimum absolute atomic E-state index is 0.0287. The lowest BCUT2D eigenvalue weighted by atomic mass is 10.3. The van der Waals surface area contributed by atoms with Crippen LogP contribution in [-0.4, -0.2) is 30.8 Å². The second-order valence-electron chi connectivity index (χ2n) is 4.40. The van der Waals surface area contributed by atoms with Gasteiger partial charge >= 0.3 is 5.97 Å². The fourth-order valence-corrected chi connectivity index (χ4v) is 5.35. The highest BCUT2D eigenvalue weighted by atomic mass is 35.6. The number of ether oxygens (including phenoxy) is 1. The number of rotatable bonds is 8. The molecule has 0 aromatic rings. The van der Waals surface area contributed by atoms with E-state index in [1.807, 2.05) is 0 Å². The van der Waals surface area contributed by atoms with Crippen molar-refractivity contribution in [2.24, 2.45) is 0 Å². The van der Waals surface area contributed by atoms with Gasteiger partial charge in [0.1, 0.15) is 6.10 Å². The molecule has 7 heteroatoms. The average molecular weight is 350 g/mol. The lowest BCUT2D eigenvalue weighted by Gasteiger charge is -2.35. The van der Waals surface area contributed by atoms with Gasteiger partial charge in [0.05, 0.1) is 13.0 Å². The van der Waals surface area contributed by atoms with E-state index in [9.17, 15) is 4.79 Å². The molecule has 19 heavy (non-hydrogen) atoms. The van der Waals surface area contributed by atoms with E-state index in [4.69, 9.17) is 44.0 Å². The normalized spacial score (nSPS) is 14.3. The van der Waals surface area contributed by atoms with Crippen LogP contribution in [0.3, 0.4) is 0 Å². The summed E-state index contributed by atoms with van der Waals surface area (Å²) in [6.45, 7) is 8.30. The van der Waals surface area contributed by atoms with Crippen LogP contribution >= 0.6 is 34.8 Å². The van der Waals surface area contributed by atoms with Gasteiger partial charge in [-0.25, -0.2) is 0 Å². The zero-order valence-corrected chi connectivity index (χ0v) is 15.2. The molecule has 0 N–H and O–H groups in total. The first-order chi connectivity index (χ1) is 8.74. The van der Waals surface area contributed by atoms with Gasteiger partial charge < -0.3 is 9.16 Å². The Labute approximate surface area is 132 Å². The molecule has 0 rings (SSSR count). The summed E-state index contributed by atoms with van der Waals surface area (Å²) in [4.78, 5) is 11.6. The Morgan fingerprint density at radius 1 is 1.11 bits per heavy atom. The molecule has 0 saturated carbocycles. The maximum atomic E-state index is 11.6. The largest absolute Gasteiger partial charge is 0.466 e. The molecule has 3 nitrogen and oxygen atoms in total. The van der Waals surface area contributed by atoms with Gasteiger partial charge in [0.25, 0.3) is 0 Å². The SMILES string of the molecule is CCOC(=O)C[C@@H](O[Si](CC)(CC)CC)C(Cl)(Cl)Cl. The Balaban J connectivity index is 4.91. The van der Waals surface area contributed by atoms with E-state index in [-0.39, 0.29) is 6.42 Å². The quantitative estimate of drug-likeness (QED) is 0.362. The van der Waals surface area contributed by atoms with E-state index in [0.29, 0.717) is 6.61 Å². The Kier molecular flexibility index (Phi) is 8.96. The number of hydrogen-bond acceptors (Lipinski definition) is 3. The van der Waals surface area contributed by atoms with E-state index in [1.54, 1.807) is 6.92 Å². The molecule has 0 amide bonds. The van der Waals surface area contributed by atoms with E-state index in [1.165, 1.54) is 0 Å². The molecule has 1 atom stereocenters. The van der Waals surface area contributed by atoms with E-state index >= 15 is 0 Å². The summed E-state index contributed by atoms with van der Waals surface area (Å²) in [5, 5.41) is 0. The number of carbonyl (C=O) groups is 1.